The Balaban J connectivity index is 1.18. The van der Waals surface area contributed by atoms with Crippen molar-refractivity contribution in [3.8, 4) is 22.3 Å². The van der Waals surface area contributed by atoms with Crippen molar-refractivity contribution in [2.75, 3.05) is 4.90 Å². The Morgan fingerprint density at radius 2 is 1.08 bits per heavy atom. The molecule has 0 saturated heterocycles. The Labute approximate surface area is 284 Å². The molecule has 0 atom stereocenters. The highest BCUT2D eigenvalue weighted by atomic mass is 15.1. The highest BCUT2D eigenvalue weighted by molar-refractivity contribution is 5.98. The van der Waals surface area contributed by atoms with E-state index in [0.717, 1.165) is 23.7 Å². The van der Waals surface area contributed by atoms with Gasteiger partial charge in [-0.15, -0.1) is 0 Å². The summed E-state index contributed by atoms with van der Waals surface area (Å²) >= 11 is 0. The minimum Gasteiger partial charge on any atom is -0.310 e. The number of rotatable bonds is 3. The number of anilines is 3. The lowest BCUT2D eigenvalue weighted by atomic mass is 9.43. The van der Waals surface area contributed by atoms with Crippen LogP contribution in [-0.4, -0.2) is 0 Å². The Kier molecular flexibility index (Phi) is 5.41. The second-order valence-electron chi connectivity index (χ2n) is 16.2. The quantitative estimate of drug-likeness (QED) is 0.190. The van der Waals surface area contributed by atoms with Crippen LogP contribution in [0.15, 0.2) is 127 Å². The zero-order chi connectivity index (χ0) is 31.8. The van der Waals surface area contributed by atoms with E-state index in [2.05, 4.69) is 146 Å². The van der Waals surface area contributed by atoms with E-state index >= 15 is 0 Å². The van der Waals surface area contributed by atoms with Crippen molar-refractivity contribution >= 4 is 27.8 Å². The SMILES string of the molecule is CC1(C)c2ccccc2-c2cc(N(c3ccc4ccccc4c3)c3cccc4c3-c3ccccc3C43C4CC5CC(C4)CC3C5)ccc21. The maximum Gasteiger partial charge on any atom is 0.0543 e. The number of benzene rings is 6. The molecule has 4 bridgehead atoms. The zero-order valence-electron chi connectivity index (χ0n) is 27.9. The van der Waals surface area contributed by atoms with Gasteiger partial charge in [0.05, 0.1) is 5.69 Å². The largest absolute Gasteiger partial charge is 0.310 e. The Morgan fingerprint density at radius 1 is 0.479 bits per heavy atom. The van der Waals surface area contributed by atoms with Gasteiger partial charge in [0.25, 0.3) is 0 Å². The Hall–Kier alpha value is -4.62. The molecule has 6 aliphatic rings. The molecule has 12 rings (SSSR count). The van der Waals surface area contributed by atoms with Gasteiger partial charge in [0.2, 0.25) is 0 Å². The van der Waals surface area contributed by atoms with Crippen LogP contribution in [0.4, 0.5) is 17.1 Å². The molecule has 6 aliphatic carbocycles. The lowest BCUT2D eigenvalue weighted by Crippen LogP contribution is -2.55. The molecule has 0 heterocycles. The third-order valence-corrected chi connectivity index (χ3v) is 13.6. The van der Waals surface area contributed by atoms with E-state index in [1.54, 1.807) is 11.1 Å². The summed E-state index contributed by atoms with van der Waals surface area (Å²) in [6.45, 7) is 4.76. The van der Waals surface area contributed by atoms with E-state index in [1.807, 2.05) is 0 Å². The monoisotopic (exact) mass is 619 g/mol. The average Bonchev–Trinajstić information content (AvgIpc) is 3.53. The summed E-state index contributed by atoms with van der Waals surface area (Å²) in [4.78, 5) is 2.59. The van der Waals surface area contributed by atoms with Crippen molar-refractivity contribution in [3.63, 3.8) is 0 Å². The van der Waals surface area contributed by atoms with Crippen LogP contribution >= 0.6 is 0 Å². The van der Waals surface area contributed by atoms with Crippen molar-refractivity contribution in [1.82, 2.24) is 0 Å². The second kappa shape index (κ2) is 9.50. The van der Waals surface area contributed by atoms with Gasteiger partial charge in [-0.3, -0.25) is 0 Å². The minimum absolute atomic E-state index is 0.0168. The lowest BCUT2D eigenvalue weighted by Gasteiger charge is -2.61. The van der Waals surface area contributed by atoms with Gasteiger partial charge in [0, 0.05) is 27.8 Å². The predicted molar refractivity (Wildman–Crippen MR) is 199 cm³/mol. The first-order chi connectivity index (χ1) is 23.5. The van der Waals surface area contributed by atoms with Crippen LogP contribution in [0.2, 0.25) is 0 Å². The first kappa shape index (κ1) is 27.3. The smallest absolute Gasteiger partial charge is 0.0543 e. The average molecular weight is 620 g/mol. The van der Waals surface area contributed by atoms with Gasteiger partial charge < -0.3 is 4.90 Å². The maximum absolute atomic E-state index is 2.59. The predicted octanol–water partition coefficient (Wildman–Crippen LogP) is 12.3. The summed E-state index contributed by atoms with van der Waals surface area (Å²) in [5.74, 6) is 3.37. The summed E-state index contributed by atoms with van der Waals surface area (Å²) < 4.78 is 0. The third kappa shape index (κ3) is 3.42. The molecule has 0 unspecified atom stereocenters. The molecule has 1 heteroatoms. The molecular weight excluding hydrogens is 579 g/mol. The van der Waals surface area contributed by atoms with Crippen LogP contribution < -0.4 is 4.90 Å². The van der Waals surface area contributed by atoms with E-state index in [1.165, 1.54) is 93.3 Å². The molecule has 1 spiro atoms. The topological polar surface area (TPSA) is 3.24 Å². The molecule has 234 valence electrons. The molecular formula is C47H41N. The molecule has 4 saturated carbocycles. The first-order valence-electron chi connectivity index (χ1n) is 18.3. The van der Waals surface area contributed by atoms with Gasteiger partial charge in [-0.05, 0) is 136 Å². The summed E-state index contributed by atoms with van der Waals surface area (Å²) in [6, 6.07) is 49.0. The Bertz CT molecular complexity index is 2280. The highest BCUT2D eigenvalue weighted by Crippen LogP contribution is 2.70. The van der Waals surface area contributed by atoms with Gasteiger partial charge in [0.15, 0.2) is 0 Å². The van der Waals surface area contributed by atoms with Crippen LogP contribution in [0.5, 0.6) is 0 Å². The fourth-order valence-corrected chi connectivity index (χ4v) is 12.0. The van der Waals surface area contributed by atoms with Gasteiger partial charge in [-0.25, -0.2) is 0 Å². The lowest BCUT2D eigenvalue weighted by molar-refractivity contribution is -0.0399. The van der Waals surface area contributed by atoms with Crippen molar-refractivity contribution in [2.45, 2.75) is 56.8 Å². The van der Waals surface area contributed by atoms with E-state index in [9.17, 15) is 0 Å². The van der Waals surface area contributed by atoms with Gasteiger partial charge >= 0.3 is 0 Å². The number of hydrogen-bond donors (Lipinski definition) is 0. The molecule has 0 amide bonds. The fraction of sp³-hybridized carbons (Fsp3) is 0.277. The van der Waals surface area contributed by atoms with E-state index in [0.29, 0.717) is 0 Å². The Morgan fingerprint density at radius 3 is 1.88 bits per heavy atom. The molecule has 6 aromatic rings. The first-order valence-corrected chi connectivity index (χ1v) is 18.3. The minimum atomic E-state index is -0.0168. The van der Waals surface area contributed by atoms with Crippen LogP contribution in [0, 0.1) is 23.7 Å². The van der Waals surface area contributed by atoms with E-state index in [4.69, 9.17) is 0 Å². The molecule has 0 N–H and O–H groups in total. The van der Waals surface area contributed by atoms with Crippen molar-refractivity contribution in [1.29, 1.82) is 0 Å². The van der Waals surface area contributed by atoms with E-state index < -0.39 is 0 Å². The van der Waals surface area contributed by atoms with Crippen molar-refractivity contribution < 1.29 is 0 Å². The van der Waals surface area contributed by atoms with Crippen LogP contribution in [0.1, 0.15) is 68.2 Å². The van der Waals surface area contributed by atoms with Crippen molar-refractivity contribution in [2.24, 2.45) is 23.7 Å². The number of fused-ring (bicyclic) bond motifs is 7. The summed E-state index contributed by atoms with van der Waals surface area (Å²) in [7, 11) is 0. The summed E-state index contributed by atoms with van der Waals surface area (Å²) in [6.07, 6.45) is 7.09. The van der Waals surface area contributed by atoms with Gasteiger partial charge in [0.1, 0.15) is 0 Å². The molecule has 1 nitrogen and oxygen atoms in total. The maximum atomic E-state index is 2.59. The summed E-state index contributed by atoms with van der Waals surface area (Å²) in [5.41, 5.74) is 15.6. The van der Waals surface area contributed by atoms with Gasteiger partial charge in [-0.1, -0.05) is 111 Å². The normalized spacial score (nSPS) is 26.4. The van der Waals surface area contributed by atoms with Gasteiger partial charge in [-0.2, -0.15) is 0 Å². The standard InChI is InChI=1S/C47H41N/c1-46(2)40-14-7-5-12-37(40)39-28-36(20-21-41(39)46)48(35-19-18-31-10-3-4-11-32(31)27-35)44-17-9-16-43-45(44)38-13-6-8-15-42(38)47(43)33-23-29-22-30(25-33)26-34(47)24-29/h3-21,27-30,33-34H,22-26H2,1-2H3. The molecule has 0 aromatic heterocycles. The van der Waals surface area contributed by atoms with Crippen LogP contribution in [0.3, 0.4) is 0 Å². The highest BCUT2D eigenvalue weighted by Gasteiger charge is 2.61. The number of nitrogens with zero attached hydrogens (tertiary/aromatic N) is 1. The van der Waals surface area contributed by atoms with Crippen LogP contribution in [0.25, 0.3) is 33.0 Å². The molecule has 4 fully saturated rings. The fourth-order valence-electron chi connectivity index (χ4n) is 12.0. The molecule has 48 heavy (non-hydrogen) atoms. The third-order valence-electron chi connectivity index (χ3n) is 13.6. The summed E-state index contributed by atoms with van der Waals surface area (Å²) in [5, 5.41) is 2.56. The van der Waals surface area contributed by atoms with Crippen LogP contribution in [-0.2, 0) is 10.8 Å². The zero-order valence-corrected chi connectivity index (χ0v) is 27.9. The van der Waals surface area contributed by atoms with Crippen molar-refractivity contribution in [3.05, 3.63) is 150 Å². The molecule has 6 aromatic carbocycles. The molecule has 0 aliphatic heterocycles. The molecule has 0 radical (unpaired) electrons. The van der Waals surface area contributed by atoms with E-state index in [-0.39, 0.29) is 10.8 Å². The second-order valence-corrected chi connectivity index (χ2v) is 16.2. The number of hydrogen-bond acceptors (Lipinski definition) is 1.